The fourth-order valence-electron chi connectivity index (χ4n) is 2.11. The fraction of sp³-hybridized carbons (Fsp3) is 0.429. The summed E-state index contributed by atoms with van der Waals surface area (Å²) in [7, 11) is 0. The second-order valence-electron chi connectivity index (χ2n) is 4.81. The number of amides is 2. The van der Waals surface area contributed by atoms with E-state index >= 15 is 0 Å². The summed E-state index contributed by atoms with van der Waals surface area (Å²) in [5.74, 6) is -1.69. The highest BCUT2D eigenvalue weighted by Crippen LogP contribution is 2.28. The summed E-state index contributed by atoms with van der Waals surface area (Å²) >= 11 is 0. The molecule has 1 aromatic rings. The van der Waals surface area contributed by atoms with Gasteiger partial charge in [-0.1, -0.05) is 6.07 Å². The summed E-state index contributed by atoms with van der Waals surface area (Å²) < 4.78 is 5.17. The fourth-order valence-corrected chi connectivity index (χ4v) is 2.11. The first-order chi connectivity index (χ1) is 10.0. The summed E-state index contributed by atoms with van der Waals surface area (Å²) in [5, 5.41) is 21.5. The van der Waals surface area contributed by atoms with E-state index in [1.54, 1.807) is 11.8 Å². The van der Waals surface area contributed by atoms with E-state index in [4.69, 9.17) is 4.74 Å². The third-order valence-electron chi connectivity index (χ3n) is 3.30. The summed E-state index contributed by atoms with van der Waals surface area (Å²) in [5.41, 5.74) is -0.0726. The van der Waals surface area contributed by atoms with E-state index in [9.17, 15) is 19.8 Å². The van der Waals surface area contributed by atoms with Crippen molar-refractivity contribution in [3.63, 3.8) is 0 Å². The Kier molecular flexibility index (Phi) is 4.64. The maximum Gasteiger partial charge on any atom is 0.255 e. The molecule has 2 rings (SSSR count). The molecule has 1 atom stereocenters. The Balaban J connectivity index is 2.01. The van der Waals surface area contributed by atoms with Gasteiger partial charge in [-0.2, -0.15) is 0 Å². The van der Waals surface area contributed by atoms with Crippen molar-refractivity contribution in [3.8, 4) is 11.5 Å². The number of nitrogens with zero attached hydrogens (tertiary/aromatic N) is 1. The zero-order valence-electron chi connectivity index (χ0n) is 11.7. The largest absolute Gasteiger partial charge is 0.504 e. The second kappa shape index (κ2) is 6.45. The first-order valence-corrected chi connectivity index (χ1v) is 6.69. The molecule has 1 aliphatic rings. The highest BCUT2D eigenvalue weighted by molar-refractivity contribution is 6.00. The van der Waals surface area contributed by atoms with Crippen LogP contribution in [0.5, 0.6) is 11.5 Å². The number of carbonyl (C=O) groups is 2. The molecule has 21 heavy (non-hydrogen) atoms. The lowest BCUT2D eigenvalue weighted by atomic mass is 10.1. The minimum Gasteiger partial charge on any atom is -0.504 e. The molecule has 1 saturated heterocycles. The minimum absolute atomic E-state index is 0.0726. The molecule has 1 fully saturated rings. The highest BCUT2D eigenvalue weighted by Gasteiger charge is 2.25. The van der Waals surface area contributed by atoms with Crippen LogP contribution in [0.2, 0.25) is 0 Å². The van der Waals surface area contributed by atoms with Crippen molar-refractivity contribution in [1.29, 1.82) is 0 Å². The maximum atomic E-state index is 12.2. The van der Waals surface area contributed by atoms with Crippen molar-refractivity contribution < 1.29 is 24.5 Å². The molecule has 0 bridgehead atoms. The van der Waals surface area contributed by atoms with E-state index in [1.807, 2.05) is 0 Å². The molecule has 1 aliphatic heterocycles. The lowest BCUT2D eigenvalue weighted by Gasteiger charge is -2.29. The molecule has 0 aliphatic carbocycles. The van der Waals surface area contributed by atoms with Crippen LogP contribution in [0.25, 0.3) is 0 Å². The lowest BCUT2D eigenvalue weighted by Crippen LogP contribution is -2.50. The third kappa shape index (κ3) is 3.43. The van der Waals surface area contributed by atoms with E-state index in [1.165, 1.54) is 18.2 Å². The number of nitrogens with one attached hydrogen (secondary N) is 1. The topological polar surface area (TPSA) is 99.1 Å². The van der Waals surface area contributed by atoms with Crippen LogP contribution in [0.1, 0.15) is 17.3 Å². The van der Waals surface area contributed by atoms with Crippen molar-refractivity contribution in [2.75, 3.05) is 26.3 Å². The van der Waals surface area contributed by atoms with Gasteiger partial charge in [0.1, 0.15) is 6.04 Å². The van der Waals surface area contributed by atoms with Gasteiger partial charge in [-0.3, -0.25) is 9.59 Å². The molecule has 1 aromatic carbocycles. The average Bonchev–Trinajstić information content (AvgIpc) is 2.50. The maximum absolute atomic E-state index is 12.2. The molecule has 1 heterocycles. The monoisotopic (exact) mass is 294 g/mol. The van der Waals surface area contributed by atoms with Gasteiger partial charge in [0.05, 0.1) is 18.8 Å². The predicted molar refractivity (Wildman–Crippen MR) is 74.1 cm³/mol. The van der Waals surface area contributed by atoms with Crippen LogP contribution >= 0.6 is 0 Å². The van der Waals surface area contributed by atoms with Crippen LogP contribution in [0, 0.1) is 0 Å². The van der Waals surface area contributed by atoms with E-state index in [0.29, 0.717) is 26.3 Å². The molecule has 0 spiro atoms. The molecular weight excluding hydrogens is 276 g/mol. The van der Waals surface area contributed by atoms with Gasteiger partial charge in [-0.05, 0) is 19.1 Å². The van der Waals surface area contributed by atoms with Crippen LogP contribution in [0.4, 0.5) is 0 Å². The Morgan fingerprint density at radius 3 is 2.62 bits per heavy atom. The van der Waals surface area contributed by atoms with Crippen molar-refractivity contribution in [2.24, 2.45) is 0 Å². The zero-order chi connectivity index (χ0) is 15.4. The first-order valence-electron chi connectivity index (χ1n) is 6.69. The van der Waals surface area contributed by atoms with Crippen LogP contribution in [-0.2, 0) is 9.53 Å². The summed E-state index contributed by atoms with van der Waals surface area (Å²) in [4.78, 5) is 25.8. The predicted octanol–water partition coefficient (Wildman–Crippen LogP) is 0.0749. The normalized spacial score (nSPS) is 16.3. The van der Waals surface area contributed by atoms with Gasteiger partial charge >= 0.3 is 0 Å². The second-order valence-corrected chi connectivity index (χ2v) is 4.81. The number of morpholine rings is 1. The number of aromatic hydroxyl groups is 2. The minimum atomic E-state index is -0.725. The Hall–Kier alpha value is -2.28. The molecule has 0 aromatic heterocycles. The van der Waals surface area contributed by atoms with Gasteiger partial charge in [0, 0.05) is 13.1 Å². The van der Waals surface area contributed by atoms with Gasteiger partial charge in [0.25, 0.3) is 5.91 Å². The van der Waals surface area contributed by atoms with Crippen molar-refractivity contribution in [2.45, 2.75) is 13.0 Å². The number of hydrogen-bond acceptors (Lipinski definition) is 5. The summed E-state index contributed by atoms with van der Waals surface area (Å²) in [6.45, 7) is 3.54. The number of phenolic OH excluding ortho intramolecular Hbond substituents is 2. The van der Waals surface area contributed by atoms with E-state index in [0.717, 1.165) is 0 Å². The first kappa shape index (κ1) is 15.1. The van der Waals surface area contributed by atoms with Crippen LogP contribution in [0.15, 0.2) is 18.2 Å². The van der Waals surface area contributed by atoms with Gasteiger partial charge < -0.3 is 25.2 Å². The molecule has 1 unspecified atom stereocenters. The summed E-state index contributed by atoms with van der Waals surface area (Å²) in [6.07, 6.45) is 0. The standard InChI is InChI=1S/C14H18N2O5/c1-9(14(20)16-5-7-21-8-6-16)15-13(19)10-3-2-4-11(17)12(10)18/h2-4,9,17-18H,5-8H2,1H3,(H,15,19). The van der Waals surface area contributed by atoms with Crippen molar-refractivity contribution >= 4 is 11.8 Å². The number of hydrogen-bond donors (Lipinski definition) is 3. The van der Waals surface area contributed by atoms with Gasteiger partial charge in [-0.25, -0.2) is 0 Å². The Morgan fingerprint density at radius 1 is 1.29 bits per heavy atom. The highest BCUT2D eigenvalue weighted by atomic mass is 16.5. The van der Waals surface area contributed by atoms with E-state index in [-0.39, 0.29) is 17.2 Å². The van der Waals surface area contributed by atoms with E-state index in [2.05, 4.69) is 5.32 Å². The average molecular weight is 294 g/mol. The molecule has 0 radical (unpaired) electrons. The third-order valence-corrected chi connectivity index (χ3v) is 3.30. The Bertz CT molecular complexity index is 540. The molecule has 7 nitrogen and oxygen atoms in total. The number of para-hydroxylation sites is 1. The molecule has 0 saturated carbocycles. The smallest absolute Gasteiger partial charge is 0.255 e. The number of benzene rings is 1. The van der Waals surface area contributed by atoms with Gasteiger partial charge in [0.15, 0.2) is 11.5 Å². The van der Waals surface area contributed by atoms with Crippen molar-refractivity contribution in [3.05, 3.63) is 23.8 Å². The summed E-state index contributed by atoms with van der Waals surface area (Å²) in [6, 6.07) is 3.36. The zero-order valence-corrected chi connectivity index (χ0v) is 11.7. The molecule has 114 valence electrons. The van der Waals surface area contributed by atoms with E-state index < -0.39 is 17.7 Å². The van der Waals surface area contributed by atoms with Crippen LogP contribution < -0.4 is 5.32 Å². The Labute approximate surface area is 122 Å². The van der Waals surface area contributed by atoms with Gasteiger partial charge in [0.2, 0.25) is 5.91 Å². The molecule has 7 heteroatoms. The molecular formula is C14H18N2O5. The van der Waals surface area contributed by atoms with Crippen molar-refractivity contribution in [1.82, 2.24) is 10.2 Å². The number of carbonyl (C=O) groups excluding carboxylic acids is 2. The molecule has 2 amide bonds. The number of rotatable bonds is 3. The number of phenols is 2. The van der Waals surface area contributed by atoms with Gasteiger partial charge in [-0.15, -0.1) is 0 Å². The van der Waals surface area contributed by atoms with Crippen LogP contribution in [0.3, 0.4) is 0 Å². The quantitative estimate of drug-likeness (QED) is 0.685. The number of ether oxygens (including phenoxy) is 1. The lowest BCUT2D eigenvalue weighted by molar-refractivity contribution is -0.136. The Morgan fingerprint density at radius 2 is 1.95 bits per heavy atom. The van der Waals surface area contributed by atoms with Crippen LogP contribution in [-0.4, -0.2) is 59.3 Å². The molecule has 3 N–H and O–H groups in total. The SMILES string of the molecule is CC(NC(=O)c1cccc(O)c1O)C(=O)N1CCOCC1.